The molecule has 1 unspecified atom stereocenters. The number of ether oxygens (including phenoxy) is 4. The van der Waals surface area contributed by atoms with Crippen LogP contribution in [0.2, 0.25) is 0 Å². The van der Waals surface area contributed by atoms with Gasteiger partial charge in [0.15, 0.2) is 11.8 Å². The average Bonchev–Trinajstić information content (AvgIpc) is 4.18. The highest BCUT2D eigenvalue weighted by Gasteiger charge is 2.78. The molecule has 10 atom stereocenters. The molecule has 5 saturated carbocycles. The summed E-state index contributed by atoms with van der Waals surface area (Å²) in [6.07, 6.45) is 10.3. The zero-order chi connectivity index (χ0) is 41.2. The number of benzene rings is 2. The molecule has 0 radical (unpaired) electrons. The Kier molecular flexibility index (Phi) is 9.27. The molecule has 12 nitrogen and oxygen atoms in total. The van der Waals surface area contributed by atoms with E-state index in [0.29, 0.717) is 28.9 Å². The topological polar surface area (TPSA) is 148 Å². The van der Waals surface area contributed by atoms with Crippen molar-refractivity contribution < 1.29 is 43.3 Å². The standard InChI is InChI=1S/C48H59N3O9/c1-45(2)23-34-30(11-16-37-46(3,57-37)18-17-35(34)45)21-27-7-9-28(10-8-27)26-51-40-43(54)56-36-24-47(40,44(55)50-25-29-5-4-6-31(22-29)42(53)49-19-20-52)41(60-51)39-38(36)58-48(59-39,32-12-13-32)33-14-15-33/h4-10,21-22,32-41,52H,11-20,23-26H2,1-3H3,(H,49,53)(H,50,55)/t34-,35-,36-,37?,38+,39+,40+,41-,46-,47+/m1/s1. The third-order valence-electron chi connectivity index (χ3n) is 16.0. The van der Waals surface area contributed by atoms with Crippen molar-refractivity contribution in [1.29, 1.82) is 0 Å². The van der Waals surface area contributed by atoms with E-state index in [1.165, 1.54) is 18.4 Å². The summed E-state index contributed by atoms with van der Waals surface area (Å²) in [5.74, 6) is 0.0139. The first kappa shape index (κ1) is 39.2. The first-order valence-electron chi connectivity index (χ1n) is 22.6. The molecule has 4 aliphatic heterocycles. The lowest BCUT2D eigenvalue weighted by molar-refractivity contribution is -0.235. The van der Waals surface area contributed by atoms with Gasteiger partial charge in [-0.2, -0.15) is 5.06 Å². The smallest absolute Gasteiger partial charge is 0.327 e. The van der Waals surface area contributed by atoms with Crippen molar-refractivity contribution in [2.24, 2.45) is 34.5 Å². The molecule has 4 heterocycles. The van der Waals surface area contributed by atoms with Crippen LogP contribution >= 0.6 is 0 Å². The molecule has 12 heteroatoms. The molecule has 11 rings (SSSR count). The van der Waals surface area contributed by atoms with E-state index in [2.05, 4.69) is 61.7 Å². The van der Waals surface area contributed by atoms with Crippen molar-refractivity contribution >= 4 is 23.9 Å². The molecule has 60 heavy (non-hydrogen) atoms. The zero-order valence-corrected chi connectivity index (χ0v) is 35.0. The van der Waals surface area contributed by atoms with Crippen LogP contribution < -0.4 is 10.6 Å². The molecular weight excluding hydrogens is 763 g/mol. The maximum atomic E-state index is 14.9. The van der Waals surface area contributed by atoms with Gasteiger partial charge in [0.05, 0.1) is 24.9 Å². The Morgan fingerprint density at radius 3 is 2.40 bits per heavy atom. The Bertz CT molecular complexity index is 2080. The number of nitrogens with zero attached hydrogens (tertiary/aromatic N) is 1. The largest absolute Gasteiger partial charge is 0.458 e. The number of aliphatic hydroxyl groups excluding tert-OH is 1. The minimum absolute atomic E-state index is 0.0510. The maximum Gasteiger partial charge on any atom is 0.327 e. The summed E-state index contributed by atoms with van der Waals surface area (Å²) in [6.45, 7) is 7.54. The summed E-state index contributed by atoms with van der Waals surface area (Å²) in [7, 11) is 0. The normalized spacial score (nSPS) is 38.9. The van der Waals surface area contributed by atoms with Crippen molar-refractivity contribution in [2.45, 2.75) is 146 Å². The lowest BCUT2D eigenvalue weighted by atomic mass is 9.52. The van der Waals surface area contributed by atoms with Crippen molar-refractivity contribution in [3.8, 4) is 0 Å². The van der Waals surface area contributed by atoms with Crippen molar-refractivity contribution in [3.05, 3.63) is 76.4 Å². The highest BCUT2D eigenvalue weighted by atomic mass is 16.8. The van der Waals surface area contributed by atoms with Gasteiger partial charge in [0.1, 0.15) is 29.8 Å². The van der Waals surface area contributed by atoms with E-state index in [9.17, 15) is 19.5 Å². The number of hydroxylamine groups is 2. The predicted molar refractivity (Wildman–Crippen MR) is 218 cm³/mol. The fourth-order valence-electron chi connectivity index (χ4n) is 12.4. The van der Waals surface area contributed by atoms with Crippen LogP contribution in [0.4, 0.5) is 0 Å². The van der Waals surface area contributed by atoms with Crippen LogP contribution in [-0.4, -0.2) is 89.1 Å². The average molecular weight is 822 g/mol. The molecule has 320 valence electrons. The van der Waals surface area contributed by atoms with E-state index >= 15 is 0 Å². The maximum absolute atomic E-state index is 14.9. The van der Waals surface area contributed by atoms with Gasteiger partial charge in [-0.05, 0) is 111 Å². The molecule has 2 bridgehead atoms. The number of nitrogens with one attached hydrogen (secondary N) is 2. The van der Waals surface area contributed by atoms with E-state index < -0.39 is 47.6 Å². The number of fused-ring (bicyclic) bond motifs is 6. The zero-order valence-electron chi connectivity index (χ0n) is 35.0. The first-order valence-corrected chi connectivity index (χ1v) is 22.6. The van der Waals surface area contributed by atoms with Crippen molar-refractivity contribution in [1.82, 2.24) is 15.7 Å². The number of epoxide rings is 1. The van der Waals surface area contributed by atoms with Crippen LogP contribution in [0.15, 0.2) is 54.1 Å². The number of rotatable bonds is 11. The Balaban J connectivity index is 0.864. The molecule has 9 fully saturated rings. The van der Waals surface area contributed by atoms with Crippen LogP contribution in [-0.2, 0) is 46.5 Å². The summed E-state index contributed by atoms with van der Waals surface area (Å²) >= 11 is 0. The van der Waals surface area contributed by atoms with Crippen LogP contribution in [0, 0.1) is 34.5 Å². The van der Waals surface area contributed by atoms with Gasteiger partial charge in [-0.3, -0.25) is 19.2 Å². The Morgan fingerprint density at radius 1 is 0.900 bits per heavy atom. The van der Waals surface area contributed by atoms with E-state index in [-0.39, 0.29) is 61.9 Å². The molecule has 4 saturated heterocycles. The third kappa shape index (κ3) is 6.41. The fourth-order valence-corrected chi connectivity index (χ4v) is 12.4. The van der Waals surface area contributed by atoms with Crippen molar-refractivity contribution in [3.63, 3.8) is 0 Å². The van der Waals surface area contributed by atoms with Crippen LogP contribution in [0.3, 0.4) is 0 Å². The Hall–Kier alpha value is -3.65. The highest BCUT2D eigenvalue weighted by Crippen LogP contribution is 2.64. The SMILES string of the molecule is CC1(C)C[C@@H]2C(=Cc3ccc(CN4O[C@@H]5[C@H]6OC(C7CC7)(C7CC7)O[C@H]6[C@H]6C[C@]5(C(=O)NCc5cccc(C(=O)NCCO)c5)[C@@H]4C(=O)O6)cc3)CCC3O[C@]3(C)CC[C@H]21. The van der Waals surface area contributed by atoms with Crippen LogP contribution in [0.25, 0.3) is 6.08 Å². The molecule has 3 N–H and O–H groups in total. The van der Waals surface area contributed by atoms with Gasteiger partial charge in [-0.25, -0.2) is 0 Å². The number of allylic oxidation sites excluding steroid dienone is 1. The molecule has 2 aromatic rings. The van der Waals surface area contributed by atoms with Gasteiger partial charge in [-0.1, -0.05) is 61.9 Å². The molecular formula is C48H59N3O9. The summed E-state index contributed by atoms with van der Waals surface area (Å²) < 4.78 is 26.4. The van der Waals surface area contributed by atoms with E-state index in [1.54, 1.807) is 23.3 Å². The molecule has 0 aromatic heterocycles. The predicted octanol–water partition coefficient (Wildman–Crippen LogP) is 5.60. The number of esters is 1. The number of hydrogen-bond donors (Lipinski definition) is 3. The fraction of sp³-hybridized carbons (Fsp3) is 0.646. The minimum Gasteiger partial charge on any atom is -0.458 e. The van der Waals surface area contributed by atoms with Crippen LogP contribution in [0.1, 0.15) is 112 Å². The molecule has 9 aliphatic rings. The van der Waals surface area contributed by atoms with Gasteiger partial charge in [0, 0.05) is 36.9 Å². The number of carbonyl (C=O) groups excluding carboxylic acids is 3. The number of hydrogen-bond acceptors (Lipinski definition) is 10. The Morgan fingerprint density at radius 2 is 1.67 bits per heavy atom. The third-order valence-corrected chi connectivity index (χ3v) is 16.0. The summed E-state index contributed by atoms with van der Waals surface area (Å²) in [4.78, 5) is 48.7. The van der Waals surface area contributed by atoms with Gasteiger partial charge in [0.2, 0.25) is 5.91 Å². The lowest BCUT2D eigenvalue weighted by Crippen LogP contribution is -2.69. The van der Waals surface area contributed by atoms with E-state index in [0.717, 1.165) is 61.6 Å². The van der Waals surface area contributed by atoms with Gasteiger partial charge in [0.25, 0.3) is 5.91 Å². The van der Waals surface area contributed by atoms with Crippen LogP contribution in [0.5, 0.6) is 0 Å². The second-order valence-electron chi connectivity index (χ2n) is 20.4. The highest BCUT2D eigenvalue weighted by molar-refractivity contribution is 5.95. The number of aliphatic hydroxyl groups is 1. The van der Waals surface area contributed by atoms with Gasteiger partial charge >= 0.3 is 5.97 Å². The number of amides is 2. The van der Waals surface area contributed by atoms with Gasteiger partial charge in [-0.15, -0.1) is 0 Å². The summed E-state index contributed by atoms with van der Waals surface area (Å²) in [6, 6.07) is 14.6. The summed E-state index contributed by atoms with van der Waals surface area (Å²) in [5, 5.41) is 16.7. The van der Waals surface area contributed by atoms with E-state index in [4.69, 9.17) is 23.8 Å². The second kappa shape index (κ2) is 14.2. The number of carbonyl (C=O) groups is 3. The lowest BCUT2D eigenvalue weighted by Gasteiger charge is -2.53. The van der Waals surface area contributed by atoms with Crippen molar-refractivity contribution in [2.75, 3.05) is 13.2 Å². The summed E-state index contributed by atoms with van der Waals surface area (Å²) in [5.41, 5.74) is 3.91. The molecule has 5 aliphatic carbocycles. The van der Waals surface area contributed by atoms with E-state index in [1.807, 2.05) is 6.07 Å². The van der Waals surface area contributed by atoms with Gasteiger partial charge < -0.3 is 34.7 Å². The first-order chi connectivity index (χ1) is 28.9. The minimum atomic E-state index is -1.29. The quantitative estimate of drug-likeness (QED) is 0.193. The molecule has 2 amide bonds. The second-order valence-corrected chi connectivity index (χ2v) is 20.4. The molecule has 2 aromatic carbocycles. The Labute approximate surface area is 352 Å². The molecule has 0 spiro atoms. The monoisotopic (exact) mass is 821 g/mol.